The fourth-order valence-electron chi connectivity index (χ4n) is 1.81. The van der Waals surface area contributed by atoms with Gasteiger partial charge >= 0.3 is 0 Å². The van der Waals surface area contributed by atoms with E-state index in [2.05, 4.69) is 22.0 Å². The molecule has 1 saturated heterocycles. The highest BCUT2D eigenvalue weighted by Gasteiger charge is 2.21. The lowest BCUT2D eigenvalue weighted by Gasteiger charge is -2.33. The number of rotatable bonds is 2. The first-order valence-corrected chi connectivity index (χ1v) is 5.32. The Labute approximate surface area is 89.1 Å². The number of aromatic nitrogens is 2. The third kappa shape index (κ3) is 2.18. The first-order chi connectivity index (χ1) is 7.31. The van der Waals surface area contributed by atoms with Crippen LogP contribution in [0.4, 0.5) is 0 Å². The van der Waals surface area contributed by atoms with Gasteiger partial charge in [0.2, 0.25) is 0 Å². The maximum Gasteiger partial charge on any atom is 0.271 e. The summed E-state index contributed by atoms with van der Waals surface area (Å²) in [4.78, 5) is 16.1. The predicted molar refractivity (Wildman–Crippen MR) is 56.6 cm³/mol. The van der Waals surface area contributed by atoms with Crippen molar-refractivity contribution >= 4 is 5.91 Å². The van der Waals surface area contributed by atoms with E-state index >= 15 is 0 Å². The van der Waals surface area contributed by atoms with Crippen LogP contribution in [0.25, 0.3) is 0 Å². The summed E-state index contributed by atoms with van der Waals surface area (Å²) >= 11 is 0. The Balaban J connectivity index is 1.93. The van der Waals surface area contributed by atoms with Crippen molar-refractivity contribution in [1.82, 2.24) is 20.0 Å². The summed E-state index contributed by atoms with van der Waals surface area (Å²) in [5.41, 5.74) is 0.583. The molecule has 1 aromatic heterocycles. The predicted octanol–water partition coefficient (Wildman–Crippen LogP) is 0.187. The van der Waals surface area contributed by atoms with Gasteiger partial charge in [0.15, 0.2) is 0 Å². The van der Waals surface area contributed by atoms with E-state index in [1.807, 2.05) is 4.90 Å². The second-order valence-corrected chi connectivity index (χ2v) is 3.70. The molecule has 2 heterocycles. The zero-order valence-corrected chi connectivity index (χ0v) is 8.94. The van der Waals surface area contributed by atoms with Gasteiger partial charge in [-0.25, -0.2) is 0 Å². The molecule has 82 valence electrons. The number of aromatic amines is 1. The molecule has 5 nitrogen and oxygen atoms in total. The van der Waals surface area contributed by atoms with Crippen LogP contribution in [0, 0.1) is 0 Å². The molecule has 0 bridgehead atoms. The zero-order valence-electron chi connectivity index (χ0n) is 8.94. The van der Waals surface area contributed by atoms with E-state index in [-0.39, 0.29) is 5.91 Å². The van der Waals surface area contributed by atoms with Crippen LogP contribution in [0.15, 0.2) is 12.3 Å². The van der Waals surface area contributed by atoms with E-state index in [4.69, 9.17) is 0 Å². The number of hydrogen-bond acceptors (Lipinski definition) is 3. The molecule has 0 aromatic carbocycles. The number of likely N-dealkylation sites (N-methyl/N-ethyl adjacent to an activating group) is 1. The van der Waals surface area contributed by atoms with Gasteiger partial charge in [0.1, 0.15) is 5.69 Å². The first kappa shape index (κ1) is 10.2. The molecule has 1 fully saturated rings. The second kappa shape index (κ2) is 4.44. The minimum Gasteiger partial charge on any atom is -0.335 e. The van der Waals surface area contributed by atoms with Crippen molar-refractivity contribution in [3.8, 4) is 0 Å². The molecule has 15 heavy (non-hydrogen) atoms. The summed E-state index contributed by atoms with van der Waals surface area (Å²) in [6.07, 6.45) is 1.61. The van der Waals surface area contributed by atoms with Crippen molar-refractivity contribution in [2.75, 3.05) is 32.7 Å². The average Bonchev–Trinajstić information content (AvgIpc) is 2.82. The molecule has 0 radical (unpaired) electrons. The number of piperazine rings is 1. The van der Waals surface area contributed by atoms with Crippen molar-refractivity contribution in [3.05, 3.63) is 18.0 Å². The Morgan fingerprint density at radius 1 is 1.47 bits per heavy atom. The van der Waals surface area contributed by atoms with Gasteiger partial charge in [-0.15, -0.1) is 0 Å². The molecule has 0 spiro atoms. The number of hydrogen-bond donors (Lipinski definition) is 1. The van der Waals surface area contributed by atoms with Crippen molar-refractivity contribution < 1.29 is 4.79 Å². The number of amides is 1. The third-order valence-corrected chi connectivity index (χ3v) is 2.84. The highest BCUT2D eigenvalue weighted by molar-refractivity contribution is 5.92. The molecule has 1 aliphatic rings. The average molecular weight is 208 g/mol. The normalized spacial score (nSPS) is 18.1. The summed E-state index contributed by atoms with van der Waals surface area (Å²) < 4.78 is 0. The van der Waals surface area contributed by atoms with E-state index < -0.39 is 0 Å². The lowest BCUT2D eigenvalue weighted by molar-refractivity contribution is 0.0637. The zero-order chi connectivity index (χ0) is 10.7. The van der Waals surface area contributed by atoms with Crippen molar-refractivity contribution in [2.24, 2.45) is 0 Å². The molecule has 1 N–H and O–H groups in total. The van der Waals surface area contributed by atoms with Gasteiger partial charge < -0.3 is 9.80 Å². The van der Waals surface area contributed by atoms with Gasteiger partial charge in [0, 0.05) is 32.4 Å². The van der Waals surface area contributed by atoms with Crippen LogP contribution in [0.1, 0.15) is 17.4 Å². The molecule has 1 aromatic rings. The van der Waals surface area contributed by atoms with E-state index in [0.29, 0.717) is 5.69 Å². The van der Waals surface area contributed by atoms with Crippen LogP contribution in [0.2, 0.25) is 0 Å². The van der Waals surface area contributed by atoms with E-state index in [1.54, 1.807) is 12.3 Å². The number of carbonyl (C=O) groups is 1. The van der Waals surface area contributed by atoms with Crippen molar-refractivity contribution in [3.63, 3.8) is 0 Å². The van der Waals surface area contributed by atoms with Crippen LogP contribution in [0.3, 0.4) is 0 Å². The molecule has 1 amide bonds. The Bertz CT molecular complexity index is 314. The lowest BCUT2D eigenvalue weighted by Crippen LogP contribution is -2.48. The molecule has 2 rings (SSSR count). The maximum atomic E-state index is 11.9. The van der Waals surface area contributed by atoms with E-state index in [0.717, 1.165) is 32.7 Å². The Morgan fingerprint density at radius 2 is 2.20 bits per heavy atom. The molecule has 1 aliphatic heterocycles. The molecular weight excluding hydrogens is 192 g/mol. The number of carbonyl (C=O) groups excluding carboxylic acids is 1. The molecular formula is C10H16N4O. The third-order valence-electron chi connectivity index (χ3n) is 2.84. The second-order valence-electron chi connectivity index (χ2n) is 3.70. The van der Waals surface area contributed by atoms with Crippen LogP contribution in [0.5, 0.6) is 0 Å². The number of H-pyrrole nitrogens is 1. The fourth-order valence-corrected chi connectivity index (χ4v) is 1.81. The van der Waals surface area contributed by atoms with Crippen LogP contribution in [-0.2, 0) is 0 Å². The highest BCUT2D eigenvalue weighted by Crippen LogP contribution is 2.05. The van der Waals surface area contributed by atoms with Gasteiger partial charge in [-0.3, -0.25) is 9.89 Å². The quantitative estimate of drug-likeness (QED) is 0.754. The molecule has 0 aliphatic carbocycles. The molecule has 5 heteroatoms. The van der Waals surface area contributed by atoms with Crippen LogP contribution < -0.4 is 0 Å². The first-order valence-electron chi connectivity index (χ1n) is 5.32. The Hall–Kier alpha value is -1.36. The van der Waals surface area contributed by atoms with Crippen molar-refractivity contribution in [1.29, 1.82) is 0 Å². The van der Waals surface area contributed by atoms with Crippen LogP contribution >= 0.6 is 0 Å². The smallest absolute Gasteiger partial charge is 0.271 e. The standard InChI is InChI=1S/C10H16N4O/c1-2-13-5-7-14(8-6-13)10(15)9-3-4-11-12-9/h3-4H,2,5-8H2,1H3,(H,11,12). The van der Waals surface area contributed by atoms with E-state index in [9.17, 15) is 4.79 Å². The van der Waals surface area contributed by atoms with Gasteiger partial charge in [0.05, 0.1) is 0 Å². The van der Waals surface area contributed by atoms with Crippen molar-refractivity contribution in [2.45, 2.75) is 6.92 Å². The summed E-state index contributed by atoms with van der Waals surface area (Å²) in [5, 5.41) is 6.49. The summed E-state index contributed by atoms with van der Waals surface area (Å²) in [6, 6.07) is 1.72. The Morgan fingerprint density at radius 3 is 2.73 bits per heavy atom. The highest BCUT2D eigenvalue weighted by atomic mass is 16.2. The maximum absolute atomic E-state index is 11.9. The van der Waals surface area contributed by atoms with Gasteiger partial charge in [-0.05, 0) is 12.6 Å². The number of nitrogens with zero attached hydrogens (tertiary/aromatic N) is 3. The minimum atomic E-state index is 0.0586. The largest absolute Gasteiger partial charge is 0.335 e. The SMILES string of the molecule is CCN1CCN(C(=O)c2ccn[nH]2)CC1. The van der Waals surface area contributed by atoms with Gasteiger partial charge in [-0.2, -0.15) is 5.10 Å². The van der Waals surface area contributed by atoms with Gasteiger partial charge in [-0.1, -0.05) is 6.92 Å². The summed E-state index contributed by atoms with van der Waals surface area (Å²) in [5.74, 6) is 0.0586. The molecule has 0 atom stereocenters. The fraction of sp³-hybridized carbons (Fsp3) is 0.600. The van der Waals surface area contributed by atoms with Crippen LogP contribution in [-0.4, -0.2) is 58.6 Å². The molecule has 0 saturated carbocycles. The molecule has 0 unspecified atom stereocenters. The summed E-state index contributed by atoms with van der Waals surface area (Å²) in [7, 11) is 0. The number of nitrogens with one attached hydrogen (secondary N) is 1. The lowest BCUT2D eigenvalue weighted by atomic mass is 10.3. The summed E-state index contributed by atoms with van der Waals surface area (Å²) in [6.45, 7) is 6.77. The monoisotopic (exact) mass is 208 g/mol. The minimum absolute atomic E-state index is 0.0586. The topological polar surface area (TPSA) is 52.2 Å². The Kier molecular flexibility index (Phi) is 3.01. The van der Waals surface area contributed by atoms with E-state index in [1.165, 1.54) is 0 Å². The van der Waals surface area contributed by atoms with Gasteiger partial charge in [0.25, 0.3) is 5.91 Å².